The number of hydrogen-bond acceptors (Lipinski definition) is 1. The van der Waals surface area contributed by atoms with Crippen LogP contribution in [0.2, 0.25) is 0 Å². The van der Waals surface area contributed by atoms with Gasteiger partial charge >= 0.3 is 0 Å². The zero-order valence-electron chi connectivity index (χ0n) is 7.09. The van der Waals surface area contributed by atoms with Crippen LogP contribution >= 0.6 is 0 Å². The molecule has 0 bridgehead atoms. The predicted molar refractivity (Wildman–Crippen MR) is 51.9 cm³/mol. The Hall–Kier alpha value is -1.08. The molecule has 2 rings (SSSR count). The largest absolute Gasteiger partial charge is 0.327 e. The van der Waals surface area contributed by atoms with Crippen LogP contribution in [-0.4, -0.2) is 6.54 Å². The Kier molecular flexibility index (Phi) is 1.96. The molecule has 62 valence electrons. The maximum Gasteiger partial charge on any atom is 0.0146 e. The maximum absolute atomic E-state index is 5.67. The minimum atomic E-state index is 0.699. The van der Waals surface area contributed by atoms with Gasteiger partial charge in [-0.05, 0) is 28.9 Å². The van der Waals surface area contributed by atoms with E-state index in [2.05, 4.69) is 30.3 Å². The van der Waals surface area contributed by atoms with Gasteiger partial charge in [0.05, 0.1) is 0 Å². The first-order valence-corrected chi connectivity index (χ1v) is 4.39. The van der Waals surface area contributed by atoms with Crippen LogP contribution in [-0.2, 0) is 0 Å². The summed E-state index contributed by atoms with van der Waals surface area (Å²) in [6, 6.07) is 8.47. The molecule has 0 saturated heterocycles. The summed E-state index contributed by atoms with van der Waals surface area (Å²) in [6.07, 6.45) is 4.56. The normalized spacial score (nSPS) is 15.2. The second-order valence-corrected chi connectivity index (χ2v) is 3.14. The second-order valence-electron chi connectivity index (χ2n) is 3.14. The van der Waals surface area contributed by atoms with Gasteiger partial charge in [0, 0.05) is 6.54 Å². The van der Waals surface area contributed by atoms with E-state index >= 15 is 0 Å². The highest BCUT2D eigenvalue weighted by Crippen LogP contribution is 2.05. The topological polar surface area (TPSA) is 26.0 Å². The summed E-state index contributed by atoms with van der Waals surface area (Å²) in [5, 5.41) is 2.70. The van der Waals surface area contributed by atoms with E-state index in [0.29, 0.717) is 6.54 Å². The van der Waals surface area contributed by atoms with Crippen molar-refractivity contribution in [2.24, 2.45) is 5.73 Å². The Balaban J connectivity index is 2.78. The number of rotatable bonds is 1. The zero-order chi connectivity index (χ0) is 8.39. The van der Waals surface area contributed by atoms with Gasteiger partial charge in [-0.1, -0.05) is 30.3 Å². The minimum Gasteiger partial charge on any atom is -0.327 e. The summed E-state index contributed by atoms with van der Waals surface area (Å²) in [4.78, 5) is 0. The molecule has 1 aromatic rings. The van der Waals surface area contributed by atoms with Gasteiger partial charge in [-0.2, -0.15) is 0 Å². The lowest BCUT2D eigenvalue weighted by Crippen LogP contribution is -2.31. The maximum atomic E-state index is 5.67. The predicted octanol–water partition coefficient (Wildman–Crippen LogP) is 0.370. The highest BCUT2D eigenvalue weighted by molar-refractivity contribution is 5.52. The number of nitrogens with two attached hydrogens (primary N) is 1. The van der Waals surface area contributed by atoms with Gasteiger partial charge in [0.15, 0.2) is 0 Å². The molecule has 0 aromatic heterocycles. The third-order valence-corrected chi connectivity index (χ3v) is 2.40. The van der Waals surface area contributed by atoms with Crippen LogP contribution in [0.25, 0.3) is 11.6 Å². The first-order chi connectivity index (χ1) is 5.92. The molecule has 0 atom stereocenters. The van der Waals surface area contributed by atoms with Crippen molar-refractivity contribution in [1.29, 1.82) is 0 Å². The van der Waals surface area contributed by atoms with Crippen LogP contribution in [0.15, 0.2) is 24.3 Å². The van der Waals surface area contributed by atoms with Crippen LogP contribution in [0, 0.1) is 0 Å². The fraction of sp³-hybridized carbons (Fsp3) is 0.273. The molecular weight excluding hydrogens is 146 g/mol. The Bertz CT molecular complexity index is 390. The lowest BCUT2D eigenvalue weighted by molar-refractivity contribution is 1.02. The van der Waals surface area contributed by atoms with E-state index in [9.17, 15) is 0 Å². The van der Waals surface area contributed by atoms with Gasteiger partial charge in [-0.25, -0.2) is 0 Å². The smallest absolute Gasteiger partial charge is 0.0146 e. The standard InChI is InChI=1S/C11H13N/c12-8-10-6-3-5-9-4-1-2-7-11(9)10/h1-2,4-5,7H,3,6,8,12H2. The van der Waals surface area contributed by atoms with E-state index in [0.717, 1.165) is 12.8 Å². The van der Waals surface area contributed by atoms with Crippen LogP contribution in [0.4, 0.5) is 0 Å². The van der Waals surface area contributed by atoms with Crippen LogP contribution in [0.5, 0.6) is 0 Å². The molecule has 0 fully saturated rings. The van der Waals surface area contributed by atoms with Crippen molar-refractivity contribution in [2.45, 2.75) is 12.8 Å². The van der Waals surface area contributed by atoms with Crippen molar-refractivity contribution in [3.63, 3.8) is 0 Å². The number of benzene rings is 1. The molecule has 0 saturated carbocycles. The Morgan fingerprint density at radius 2 is 2.08 bits per heavy atom. The Labute approximate surface area is 72.2 Å². The van der Waals surface area contributed by atoms with E-state index in [4.69, 9.17) is 5.73 Å². The fourth-order valence-electron chi connectivity index (χ4n) is 1.75. The second kappa shape index (κ2) is 3.11. The molecule has 1 aliphatic rings. The third-order valence-electron chi connectivity index (χ3n) is 2.40. The molecule has 1 nitrogen and oxygen atoms in total. The van der Waals surface area contributed by atoms with Gasteiger partial charge < -0.3 is 5.73 Å². The quantitative estimate of drug-likeness (QED) is 0.629. The molecule has 1 heteroatoms. The molecular formula is C11H13N. The molecule has 0 amide bonds. The summed E-state index contributed by atoms with van der Waals surface area (Å²) in [7, 11) is 0. The van der Waals surface area contributed by atoms with Crippen molar-refractivity contribution in [3.8, 4) is 0 Å². The molecule has 0 aliphatic heterocycles. The number of hydrogen-bond donors (Lipinski definition) is 1. The molecule has 0 spiro atoms. The first kappa shape index (κ1) is 7.56. The third kappa shape index (κ3) is 1.16. The lowest BCUT2D eigenvalue weighted by atomic mass is 10.00. The molecule has 0 heterocycles. The Morgan fingerprint density at radius 1 is 1.25 bits per heavy atom. The highest BCUT2D eigenvalue weighted by atomic mass is 14.5. The van der Waals surface area contributed by atoms with E-state index in [1.54, 1.807) is 0 Å². The molecule has 12 heavy (non-hydrogen) atoms. The summed E-state index contributed by atoms with van der Waals surface area (Å²) < 4.78 is 0. The molecule has 1 aliphatic carbocycles. The Morgan fingerprint density at radius 3 is 2.92 bits per heavy atom. The average molecular weight is 159 g/mol. The first-order valence-electron chi connectivity index (χ1n) is 4.39. The summed E-state index contributed by atoms with van der Waals surface area (Å²) in [6.45, 7) is 0.699. The summed E-state index contributed by atoms with van der Waals surface area (Å²) in [5.41, 5.74) is 7.06. The van der Waals surface area contributed by atoms with Gasteiger partial charge in [-0.3, -0.25) is 0 Å². The van der Waals surface area contributed by atoms with Crippen molar-refractivity contribution in [1.82, 2.24) is 0 Å². The van der Waals surface area contributed by atoms with Crippen molar-refractivity contribution >= 4 is 11.6 Å². The minimum absolute atomic E-state index is 0.699. The van der Waals surface area contributed by atoms with E-state index in [1.807, 2.05) is 0 Å². The van der Waals surface area contributed by atoms with Gasteiger partial charge in [0.25, 0.3) is 0 Å². The van der Waals surface area contributed by atoms with Crippen molar-refractivity contribution in [3.05, 3.63) is 34.7 Å². The van der Waals surface area contributed by atoms with Crippen LogP contribution < -0.4 is 16.2 Å². The molecule has 0 radical (unpaired) electrons. The fourth-order valence-corrected chi connectivity index (χ4v) is 1.75. The van der Waals surface area contributed by atoms with Crippen molar-refractivity contribution in [2.75, 3.05) is 6.54 Å². The van der Waals surface area contributed by atoms with Gasteiger partial charge in [0.2, 0.25) is 0 Å². The average Bonchev–Trinajstić information content (AvgIpc) is 2.17. The highest BCUT2D eigenvalue weighted by Gasteiger charge is 2.00. The van der Waals surface area contributed by atoms with Crippen molar-refractivity contribution < 1.29 is 0 Å². The zero-order valence-corrected chi connectivity index (χ0v) is 7.09. The van der Waals surface area contributed by atoms with Gasteiger partial charge in [-0.15, -0.1) is 0 Å². The summed E-state index contributed by atoms with van der Waals surface area (Å²) in [5.74, 6) is 0. The molecule has 1 aromatic carbocycles. The van der Waals surface area contributed by atoms with Crippen LogP contribution in [0.3, 0.4) is 0 Å². The van der Waals surface area contributed by atoms with E-state index in [-0.39, 0.29) is 0 Å². The SMILES string of the molecule is NCC1=c2ccccc2=CCC1. The molecule has 0 unspecified atom stereocenters. The molecule has 2 N–H and O–H groups in total. The van der Waals surface area contributed by atoms with E-state index in [1.165, 1.54) is 16.0 Å². The van der Waals surface area contributed by atoms with E-state index < -0.39 is 0 Å². The number of fused-ring (bicyclic) bond motifs is 1. The van der Waals surface area contributed by atoms with Gasteiger partial charge in [0.1, 0.15) is 0 Å². The summed E-state index contributed by atoms with van der Waals surface area (Å²) >= 11 is 0. The lowest BCUT2D eigenvalue weighted by Gasteiger charge is -2.07. The monoisotopic (exact) mass is 159 g/mol. The van der Waals surface area contributed by atoms with Crippen LogP contribution in [0.1, 0.15) is 12.8 Å².